The van der Waals surface area contributed by atoms with Crippen LogP contribution in [0.25, 0.3) is 22.4 Å². The highest BCUT2D eigenvalue weighted by molar-refractivity contribution is 6.04. The van der Waals surface area contributed by atoms with Gasteiger partial charge in [0.2, 0.25) is 0 Å². The number of H-pyrrole nitrogens is 1. The molecule has 3 N–H and O–H groups in total. The number of ether oxygens (including phenoxy) is 1. The number of hydrogen-bond donors (Lipinski definition) is 3. The number of benzene rings is 3. The lowest BCUT2D eigenvalue weighted by Gasteiger charge is -2.26. The molecule has 7 nitrogen and oxygen atoms in total. The fourth-order valence-corrected chi connectivity index (χ4v) is 4.62. The van der Waals surface area contributed by atoms with E-state index in [-0.39, 0.29) is 17.9 Å². The van der Waals surface area contributed by atoms with Gasteiger partial charge in [0.25, 0.3) is 11.8 Å². The van der Waals surface area contributed by atoms with Crippen LogP contribution in [0.5, 0.6) is 5.75 Å². The zero-order chi connectivity index (χ0) is 25.1. The molecular formula is C29H30N4O3. The number of amides is 2. The van der Waals surface area contributed by atoms with Crippen LogP contribution in [0.3, 0.4) is 0 Å². The number of carbonyl (C=O) groups excluding carboxylic acids is 2. The Balaban J connectivity index is 1.26. The maximum atomic E-state index is 12.8. The number of methoxy groups -OCH3 is 1. The van der Waals surface area contributed by atoms with E-state index in [0.29, 0.717) is 22.6 Å². The van der Waals surface area contributed by atoms with E-state index in [1.165, 1.54) is 0 Å². The van der Waals surface area contributed by atoms with Gasteiger partial charge in [0.05, 0.1) is 18.1 Å². The van der Waals surface area contributed by atoms with Crippen molar-refractivity contribution in [3.05, 3.63) is 77.9 Å². The second-order valence-corrected chi connectivity index (χ2v) is 9.51. The van der Waals surface area contributed by atoms with Gasteiger partial charge in [0.15, 0.2) is 0 Å². The first-order chi connectivity index (χ1) is 17.5. The SMILES string of the molecule is COc1ccc(NC(=O)c2ccc(-c3nc4ccc(C(=O)NC5CCC(C)CC5)cc4[nH]3)cc2)cc1. The summed E-state index contributed by atoms with van der Waals surface area (Å²) in [6.45, 7) is 2.27. The summed E-state index contributed by atoms with van der Waals surface area (Å²) in [6, 6.07) is 20.2. The van der Waals surface area contributed by atoms with E-state index in [1.807, 2.05) is 30.3 Å². The van der Waals surface area contributed by atoms with Crippen molar-refractivity contribution < 1.29 is 14.3 Å². The predicted octanol–water partition coefficient (Wildman–Crippen LogP) is 5.80. The fraction of sp³-hybridized carbons (Fsp3) is 0.276. The van der Waals surface area contributed by atoms with Gasteiger partial charge < -0.3 is 20.4 Å². The largest absolute Gasteiger partial charge is 0.497 e. The van der Waals surface area contributed by atoms with E-state index < -0.39 is 0 Å². The Morgan fingerprint density at radius 2 is 1.58 bits per heavy atom. The molecule has 0 spiro atoms. The molecule has 1 aromatic heterocycles. The van der Waals surface area contributed by atoms with Gasteiger partial charge in [-0.3, -0.25) is 9.59 Å². The molecule has 1 fully saturated rings. The summed E-state index contributed by atoms with van der Waals surface area (Å²) in [7, 11) is 1.60. The van der Waals surface area contributed by atoms with Crippen molar-refractivity contribution in [2.75, 3.05) is 12.4 Å². The summed E-state index contributed by atoms with van der Waals surface area (Å²) in [6.07, 6.45) is 4.40. The van der Waals surface area contributed by atoms with Gasteiger partial charge in [-0.05, 0) is 86.2 Å². The number of nitrogens with one attached hydrogen (secondary N) is 3. The minimum Gasteiger partial charge on any atom is -0.497 e. The number of anilines is 1. The predicted molar refractivity (Wildman–Crippen MR) is 141 cm³/mol. The van der Waals surface area contributed by atoms with Crippen molar-refractivity contribution in [3.63, 3.8) is 0 Å². The van der Waals surface area contributed by atoms with E-state index in [9.17, 15) is 9.59 Å². The zero-order valence-corrected chi connectivity index (χ0v) is 20.5. The molecule has 5 rings (SSSR count). The number of aromatic amines is 1. The van der Waals surface area contributed by atoms with Crippen molar-refractivity contribution in [2.45, 2.75) is 38.6 Å². The van der Waals surface area contributed by atoms with Crippen LogP contribution < -0.4 is 15.4 Å². The van der Waals surface area contributed by atoms with Gasteiger partial charge in [0, 0.05) is 28.4 Å². The molecule has 1 aliphatic carbocycles. The van der Waals surface area contributed by atoms with Crippen LogP contribution in [0.15, 0.2) is 66.7 Å². The summed E-state index contributed by atoms with van der Waals surface area (Å²) >= 11 is 0. The van der Waals surface area contributed by atoms with Gasteiger partial charge in [-0.15, -0.1) is 0 Å². The standard InChI is InChI=1S/C29H30N4O3/c1-18-3-10-22(11-4-18)31-29(35)21-9-16-25-26(17-21)33-27(32-25)19-5-7-20(8-6-19)28(34)30-23-12-14-24(36-2)15-13-23/h5-9,12-18,22H,3-4,10-11H2,1-2H3,(H,30,34)(H,31,35)(H,32,33). The Labute approximate surface area is 210 Å². The van der Waals surface area contributed by atoms with Crippen molar-refractivity contribution in [3.8, 4) is 17.1 Å². The molecule has 3 aromatic carbocycles. The monoisotopic (exact) mass is 482 g/mol. The van der Waals surface area contributed by atoms with Crippen LogP contribution in [0, 0.1) is 5.92 Å². The second-order valence-electron chi connectivity index (χ2n) is 9.51. The van der Waals surface area contributed by atoms with E-state index in [1.54, 1.807) is 43.5 Å². The Bertz CT molecular complexity index is 1370. The summed E-state index contributed by atoms with van der Waals surface area (Å²) in [4.78, 5) is 33.4. The molecule has 36 heavy (non-hydrogen) atoms. The summed E-state index contributed by atoms with van der Waals surface area (Å²) < 4.78 is 5.15. The molecule has 1 heterocycles. The Kier molecular flexibility index (Phi) is 6.71. The minimum atomic E-state index is -0.195. The van der Waals surface area contributed by atoms with Gasteiger partial charge in [-0.25, -0.2) is 4.98 Å². The lowest BCUT2D eigenvalue weighted by molar-refractivity contribution is 0.0922. The van der Waals surface area contributed by atoms with Crippen LogP contribution >= 0.6 is 0 Å². The van der Waals surface area contributed by atoms with Crippen LogP contribution in [0.4, 0.5) is 5.69 Å². The van der Waals surface area contributed by atoms with E-state index in [0.717, 1.165) is 53.9 Å². The zero-order valence-electron chi connectivity index (χ0n) is 20.5. The third-order valence-electron chi connectivity index (χ3n) is 6.86. The summed E-state index contributed by atoms with van der Waals surface area (Å²) in [5.74, 6) is 1.93. The van der Waals surface area contributed by atoms with Crippen molar-refractivity contribution in [1.29, 1.82) is 0 Å². The Morgan fingerprint density at radius 3 is 2.28 bits per heavy atom. The van der Waals surface area contributed by atoms with Gasteiger partial charge in [-0.1, -0.05) is 19.1 Å². The smallest absolute Gasteiger partial charge is 0.255 e. The van der Waals surface area contributed by atoms with E-state index >= 15 is 0 Å². The number of hydrogen-bond acceptors (Lipinski definition) is 4. The maximum Gasteiger partial charge on any atom is 0.255 e. The average Bonchev–Trinajstić information content (AvgIpc) is 3.34. The molecule has 0 saturated heterocycles. The molecule has 0 radical (unpaired) electrons. The highest BCUT2D eigenvalue weighted by atomic mass is 16.5. The molecule has 0 bridgehead atoms. The number of nitrogens with zero attached hydrogens (tertiary/aromatic N) is 1. The average molecular weight is 483 g/mol. The lowest BCUT2D eigenvalue weighted by Crippen LogP contribution is -2.37. The molecule has 4 aromatic rings. The summed E-state index contributed by atoms with van der Waals surface area (Å²) in [5, 5.41) is 6.06. The second kappa shape index (κ2) is 10.2. The van der Waals surface area contributed by atoms with Crippen LogP contribution in [0.1, 0.15) is 53.3 Å². The first-order valence-electron chi connectivity index (χ1n) is 12.3. The lowest BCUT2D eigenvalue weighted by atomic mass is 9.87. The highest BCUT2D eigenvalue weighted by Crippen LogP contribution is 2.25. The Morgan fingerprint density at radius 1 is 0.889 bits per heavy atom. The quantitative estimate of drug-likeness (QED) is 0.324. The van der Waals surface area contributed by atoms with Crippen LogP contribution in [-0.4, -0.2) is 34.9 Å². The third kappa shape index (κ3) is 5.25. The van der Waals surface area contributed by atoms with Crippen LogP contribution in [-0.2, 0) is 0 Å². The third-order valence-corrected chi connectivity index (χ3v) is 6.86. The minimum absolute atomic E-state index is 0.0418. The van der Waals surface area contributed by atoms with Crippen LogP contribution in [0.2, 0.25) is 0 Å². The molecule has 2 amide bonds. The molecule has 184 valence electrons. The number of aromatic nitrogens is 2. The Hall–Kier alpha value is -4.13. The molecule has 7 heteroatoms. The van der Waals surface area contributed by atoms with Crippen molar-refractivity contribution >= 4 is 28.5 Å². The maximum absolute atomic E-state index is 12.8. The molecule has 1 aliphatic rings. The van der Waals surface area contributed by atoms with Gasteiger partial charge in [0.1, 0.15) is 11.6 Å². The number of fused-ring (bicyclic) bond motifs is 1. The first-order valence-corrected chi connectivity index (χ1v) is 12.3. The molecule has 0 aliphatic heterocycles. The molecule has 0 unspecified atom stereocenters. The summed E-state index contributed by atoms with van der Waals surface area (Å²) in [5.41, 5.74) is 4.31. The molecule has 0 atom stereocenters. The number of carbonyl (C=O) groups is 2. The molecule has 1 saturated carbocycles. The van der Waals surface area contributed by atoms with E-state index in [4.69, 9.17) is 4.74 Å². The first kappa shape index (κ1) is 23.6. The van der Waals surface area contributed by atoms with Gasteiger partial charge >= 0.3 is 0 Å². The number of rotatable bonds is 6. The van der Waals surface area contributed by atoms with E-state index in [2.05, 4.69) is 27.5 Å². The number of imidazole rings is 1. The van der Waals surface area contributed by atoms with Crippen molar-refractivity contribution in [2.24, 2.45) is 5.92 Å². The highest BCUT2D eigenvalue weighted by Gasteiger charge is 2.20. The van der Waals surface area contributed by atoms with Gasteiger partial charge in [-0.2, -0.15) is 0 Å². The topological polar surface area (TPSA) is 96.1 Å². The normalized spacial score (nSPS) is 17.5. The fourth-order valence-electron chi connectivity index (χ4n) is 4.62. The van der Waals surface area contributed by atoms with Crippen molar-refractivity contribution in [1.82, 2.24) is 15.3 Å². The molecular weight excluding hydrogens is 452 g/mol.